The first-order chi connectivity index (χ1) is 12.5. The van der Waals surface area contributed by atoms with Crippen LogP contribution in [-0.4, -0.2) is 39.3 Å². The molecule has 0 bridgehead atoms. The van der Waals surface area contributed by atoms with E-state index < -0.39 is 11.9 Å². The van der Waals surface area contributed by atoms with E-state index in [1.165, 1.54) is 29.5 Å². The second-order valence-corrected chi connectivity index (χ2v) is 6.11. The number of pyridine rings is 1. The van der Waals surface area contributed by atoms with E-state index in [0.29, 0.717) is 32.5 Å². The molecule has 0 spiro atoms. The summed E-state index contributed by atoms with van der Waals surface area (Å²) < 4.78 is 0. The summed E-state index contributed by atoms with van der Waals surface area (Å²) in [7, 11) is 0. The number of aromatic nitrogens is 1. The Kier molecular flexibility index (Phi) is 5.26. The number of benzene rings is 1. The van der Waals surface area contributed by atoms with E-state index in [2.05, 4.69) is 10.3 Å². The SMILES string of the molecule is O=C(O)c1ccnc(C(=O)NCCCC(=O)N2Cc3ccccc3C2)c1. The molecule has 0 aliphatic carbocycles. The summed E-state index contributed by atoms with van der Waals surface area (Å²) in [6.07, 6.45) is 2.14. The number of fused-ring (bicyclic) bond motifs is 1. The highest BCUT2D eigenvalue weighted by molar-refractivity contribution is 5.95. The van der Waals surface area contributed by atoms with Gasteiger partial charge in [0.1, 0.15) is 5.69 Å². The number of nitrogens with one attached hydrogen (secondary N) is 1. The molecule has 1 aliphatic heterocycles. The van der Waals surface area contributed by atoms with E-state index in [1.807, 2.05) is 29.2 Å². The molecule has 0 saturated heterocycles. The summed E-state index contributed by atoms with van der Waals surface area (Å²) >= 11 is 0. The number of nitrogens with zero attached hydrogens (tertiary/aromatic N) is 2. The molecule has 0 saturated carbocycles. The smallest absolute Gasteiger partial charge is 0.335 e. The van der Waals surface area contributed by atoms with Crippen LogP contribution in [0.5, 0.6) is 0 Å². The average molecular weight is 353 g/mol. The predicted octanol–water partition coefficient (Wildman–Crippen LogP) is 1.83. The van der Waals surface area contributed by atoms with Crippen molar-refractivity contribution < 1.29 is 19.5 Å². The molecule has 0 unspecified atom stereocenters. The highest BCUT2D eigenvalue weighted by Gasteiger charge is 2.22. The topological polar surface area (TPSA) is 99.6 Å². The Morgan fingerprint density at radius 1 is 1.12 bits per heavy atom. The summed E-state index contributed by atoms with van der Waals surface area (Å²) in [6.45, 7) is 1.59. The monoisotopic (exact) mass is 353 g/mol. The molecular formula is C19H19N3O4. The van der Waals surface area contributed by atoms with Gasteiger partial charge in [-0.3, -0.25) is 14.6 Å². The van der Waals surface area contributed by atoms with Crippen LogP contribution in [0.1, 0.15) is 44.8 Å². The van der Waals surface area contributed by atoms with Gasteiger partial charge in [-0.2, -0.15) is 0 Å². The van der Waals surface area contributed by atoms with Crippen LogP contribution in [0, 0.1) is 0 Å². The van der Waals surface area contributed by atoms with E-state index >= 15 is 0 Å². The number of carboxylic acid groups (broad SMARTS) is 1. The Bertz CT molecular complexity index is 825. The summed E-state index contributed by atoms with van der Waals surface area (Å²) in [5, 5.41) is 11.6. The van der Waals surface area contributed by atoms with Crippen LogP contribution in [0.2, 0.25) is 0 Å². The van der Waals surface area contributed by atoms with Crippen molar-refractivity contribution in [3.05, 3.63) is 65.0 Å². The van der Waals surface area contributed by atoms with Gasteiger partial charge in [-0.15, -0.1) is 0 Å². The molecule has 7 heteroatoms. The highest BCUT2D eigenvalue weighted by Crippen LogP contribution is 2.22. The lowest BCUT2D eigenvalue weighted by Crippen LogP contribution is -2.28. The standard InChI is InChI=1S/C19H19N3O4/c23-17(22-11-14-4-1-2-5-15(14)12-22)6-3-8-21-18(24)16-10-13(19(25)26)7-9-20-16/h1-2,4-5,7,9-10H,3,6,8,11-12H2,(H,21,24)(H,25,26). The summed E-state index contributed by atoms with van der Waals surface area (Å²) in [5.41, 5.74) is 2.41. The summed E-state index contributed by atoms with van der Waals surface area (Å²) in [4.78, 5) is 40.9. The largest absolute Gasteiger partial charge is 0.478 e. The molecule has 1 aromatic carbocycles. The Hall–Kier alpha value is -3.22. The molecule has 2 heterocycles. The van der Waals surface area contributed by atoms with Crippen LogP contribution in [-0.2, 0) is 17.9 Å². The normalized spacial score (nSPS) is 12.5. The maximum atomic E-state index is 12.3. The third-order valence-electron chi connectivity index (χ3n) is 4.29. The molecule has 1 aliphatic rings. The fourth-order valence-corrected chi connectivity index (χ4v) is 2.89. The number of amides is 2. The van der Waals surface area contributed by atoms with Gasteiger partial charge in [-0.1, -0.05) is 24.3 Å². The van der Waals surface area contributed by atoms with Crippen molar-refractivity contribution in [1.29, 1.82) is 0 Å². The average Bonchev–Trinajstić information content (AvgIpc) is 3.09. The Balaban J connectivity index is 1.43. The zero-order chi connectivity index (χ0) is 18.5. The fourth-order valence-electron chi connectivity index (χ4n) is 2.89. The minimum absolute atomic E-state index is 0.00827. The Labute approximate surface area is 150 Å². The van der Waals surface area contributed by atoms with Crippen molar-refractivity contribution in [3.8, 4) is 0 Å². The van der Waals surface area contributed by atoms with Crippen LogP contribution in [0.25, 0.3) is 0 Å². The van der Waals surface area contributed by atoms with E-state index in [1.54, 1.807) is 0 Å². The molecule has 2 aromatic rings. The number of carbonyl (C=O) groups excluding carboxylic acids is 2. The van der Waals surface area contributed by atoms with Gasteiger partial charge < -0.3 is 15.3 Å². The molecule has 2 N–H and O–H groups in total. The minimum atomic E-state index is -1.11. The van der Waals surface area contributed by atoms with Gasteiger partial charge in [0.05, 0.1) is 5.56 Å². The van der Waals surface area contributed by atoms with Crippen molar-refractivity contribution >= 4 is 17.8 Å². The zero-order valence-electron chi connectivity index (χ0n) is 14.1. The van der Waals surface area contributed by atoms with Gasteiger partial charge in [-0.25, -0.2) is 4.79 Å². The molecule has 0 fully saturated rings. The molecule has 3 rings (SSSR count). The van der Waals surface area contributed by atoms with Gasteiger partial charge in [0.25, 0.3) is 5.91 Å². The Morgan fingerprint density at radius 3 is 2.46 bits per heavy atom. The third kappa shape index (κ3) is 4.05. The maximum Gasteiger partial charge on any atom is 0.335 e. The first-order valence-electron chi connectivity index (χ1n) is 8.36. The van der Waals surface area contributed by atoms with Crippen molar-refractivity contribution in [2.24, 2.45) is 0 Å². The number of carboxylic acids is 1. The fraction of sp³-hybridized carbons (Fsp3) is 0.263. The van der Waals surface area contributed by atoms with E-state index in [4.69, 9.17) is 5.11 Å². The lowest BCUT2D eigenvalue weighted by atomic mass is 10.1. The maximum absolute atomic E-state index is 12.3. The van der Waals surface area contributed by atoms with Crippen LogP contribution in [0.15, 0.2) is 42.6 Å². The molecule has 1 aromatic heterocycles. The van der Waals surface area contributed by atoms with Crippen LogP contribution in [0.3, 0.4) is 0 Å². The summed E-state index contributed by atoms with van der Waals surface area (Å²) in [6, 6.07) is 10.5. The number of carbonyl (C=O) groups is 3. The predicted molar refractivity (Wildman–Crippen MR) is 93.5 cm³/mol. The number of aromatic carboxylic acids is 1. The molecule has 7 nitrogen and oxygen atoms in total. The zero-order valence-corrected chi connectivity index (χ0v) is 14.1. The second kappa shape index (κ2) is 7.77. The molecular weight excluding hydrogens is 334 g/mol. The van der Waals surface area contributed by atoms with Gasteiger partial charge in [-0.05, 0) is 29.7 Å². The molecule has 134 valence electrons. The van der Waals surface area contributed by atoms with Crippen LogP contribution < -0.4 is 5.32 Å². The van der Waals surface area contributed by atoms with Crippen molar-refractivity contribution in [1.82, 2.24) is 15.2 Å². The lowest BCUT2D eigenvalue weighted by Gasteiger charge is -2.15. The van der Waals surface area contributed by atoms with Crippen molar-refractivity contribution in [2.75, 3.05) is 6.54 Å². The number of hydrogen-bond acceptors (Lipinski definition) is 4. The minimum Gasteiger partial charge on any atom is -0.478 e. The number of hydrogen-bond donors (Lipinski definition) is 2. The van der Waals surface area contributed by atoms with E-state index in [0.717, 1.165) is 0 Å². The Morgan fingerprint density at radius 2 is 1.81 bits per heavy atom. The van der Waals surface area contributed by atoms with Gasteiger partial charge in [0.15, 0.2) is 0 Å². The van der Waals surface area contributed by atoms with Gasteiger partial charge in [0, 0.05) is 32.3 Å². The van der Waals surface area contributed by atoms with Gasteiger partial charge in [0.2, 0.25) is 5.91 Å². The quantitative estimate of drug-likeness (QED) is 0.772. The lowest BCUT2D eigenvalue weighted by molar-refractivity contribution is -0.131. The molecule has 0 atom stereocenters. The first-order valence-corrected chi connectivity index (χ1v) is 8.36. The first kappa shape index (κ1) is 17.6. The molecule has 0 radical (unpaired) electrons. The van der Waals surface area contributed by atoms with Gasteiger partial charge >= 0.3 is 5.97 Å². The summed E-state index contributed by atoms with van der Waals surface area (Å²) in [5.74, 6) is -1.51. The molecule has 26 heavy (non-hydrogen) atoms. The van der Waals surface area contributed by atoms with E-state index in [-0.39, 0.29) is 17.2 Å². The van der Waals surface area contributed by atoms with Crippen molar-refractivity contribution in [2.45, 2.75) is 25.9 Å². The highest BCUT2D eigenvalue weighted by atomic mass is 16.4. The van der Waals surface area contributed by atoms with Crippen LogP contribution >= 0.6 is 0 Å². The third-order valence-corrected chi connectivity index (χ3v) is 4.29. The molecule has 2 amide bonds. The number of rotatable bonds is 6. The van der Waals surface area contributed by atoms with Crippen LogP contribution in [0.4, 0.5) is 0 Å². The van der Waals surface area contributed by atoms with Crippen molar-refractivity contribution in [3.63, 3.8) is 0 Å². The van der Waals surface area contributed by atoms with E-state index in [9.17, 15) is 14.4 Å². The second-order valence-electron chi connectivity index (χ2n) is 6.11.